The first-order valence-corrected chi connectivity index (χ1v) is 10.5. The lowest BCUT2D eigenvalue weighted by Gasteiger charge is -2.34. The van der Waals surface area contributed by atoms with Crippen LogP contribution in [-0.2, 0) is 7.05 Å². The van der Waals surface area contributed by atoms with Crippen LogP contribution in [0, 0.1) is 0 Å². The first kappa shape index (κ1) is 24.7. The van der Waals surface area contributed by atoms with Crippen LogP contribution in [0.3, 0.4) is 0 Å². The van der Waals surface area contributed by atoms with Gasteiger partial charge >= 0.3 is 0 Å². The number of aromatic nitrogens is 2. The predicted molar refractivity (Wildman–Crippen MR) is 131 cm³/mol. The molecule has 3 rings (SSSR count). The summed E-state index contributed by atoms with van der Waals surface area (Å²) in [6, 6.07) is 4.47. The Morgan fingerprint density at radius 3 is 2.53 bits per heavy atom. The van der Waals surface area contributed by atoms with Crippen LogP contribution in [0.1, 0.15) is 42.7 Å². The highest BCUT2D eigenvalue weighted by Gasteiger charge is 2.25. The van der Waals surface area contributed by atoms with Gasteiger partial charge in [-0.05, 0) is 52.2 Å². The average molecular weight is 529 g/mol. The molecule has 2 N–H and O–H groups in total. The molecule has 2 atom stereocenters. The van der Waals surface area contributed by atoms with E-state index in [0.717, 1.165) is 37.9 Å². The number of nitrogens with zero attached hydrogens (tertiary/aromatic N) is 5. The van der Waals surface area contributed by atoms with E-state index in [2.05, 4.69) is 56.9 Å². The molecule has 8 nitrogen and oxygen atoms in total. The normalized spacial score (nSPS) is 17.4. The zero-order valence-electron chi connectivity index (χ0n) is 18.5. The van der Waals surface area contributed by atoms with E-state index >= 15 is 0 Å². The van der Waals surface area contributed by atoms with Crippen LogP contribution in [0.2, 0.25) is 0 Å². The van der Waals surface area contributed by atoms with E-state index in [1.165, 1.54) is 24.8 Å². The van der Waals surface area contributed by atoms with Crippen molar-refractivity contribution < 1.29 is 4.42 Å². The van der Waals surface area contributed by atoms with Gasteiger partial charge in [0.1, 0.15) is 5.76 Å². The molecule has 1 aliphatic rings. The summed E-state index contributed by atoms with van der Waals surface area (Å²) in [6.07, 6.45) is 9.56. The van der Waals surface area contributed by atoms with Crippen molar-refractivity contribution in [3.63, 3.8) is 0 Å². The molecular formula is C21H36IN7O. The summed E-state index contributed by atoms with van der Waals surface area (Å²) in [7, 11) is 7.92. The largest absolute Gasteiger partial charge is 0.468 e. The summed E-state index contributed by atoms with van der Waals surface area (Å²) in [6.45, 7) is 3.73. The second-order valence-electron chi connectivity index (χ2n) is 7.89. The van der Waals surface area contributed by atoms with E-state index < -0.39 is 0 Å². The van der Waals surface area contributed by atoms with Crippen molar-refractivity contribution in [1.29, 1.82) is 0 Å². The average Bonchev–Trinajstić information content (AvgIpc) is 3.39. The molecule has 0 spiro atoms. The van der Waals surface area contributed by atoms with Gasteiger partial charge in [-0.15, -0.1) is 24.0 Å². The molecule has 2 aromatic heterocycles. The fourth-order valence-electron chi connectivity index (χ4n) is 3.94. The SMILES string of the molecule is CN=C(NCC(c1cnn(C)c1)N(C)C)NCC(c1ccco1)N1CCCCC1.I. The topological polar surface area (TPSA) is 73.9 Å². The fourth-order valence-corrected chi connectivity index (χ4v) is 3.94. The minimum Gasteiger partial charge on any atom is -0.468 e. The van der Waals surface area contributed by atoms with Crippen molar-refractivity contribution in [2.45, 2.75) is 31.3 Å². The number of guanidine groups is 1. The van der Waals surface area contributed by atoms with Crippen LogP contribution in [0.5, 0.6) is 0 Å². The molecule has 0 radical (unpaired) electrons. The Bertz CT molecular complexity index is 753. The van der Waals surface area contributed by atoms with E-state index in [1.807, 2.05) is 31.0 Å². The summed E-state index contributed by atoms with van der Waals surface area (Å²) in [5, 5.41) is 11.3. The van der Waals surface area contributed by atoms with Crippen LogP contribution in [0.25, 0.3) is 0 Å². The number of aliphatic imine (C=N–C) groups is 1. The second-order valence-corrected chi connectivity index (χ2v) is 7.89. The zero-order valence-corrected chi connectivity index (χ0v) is 20.9. The quantitative estimate of drug-likeness (QED) is 0.311. The number of nitrogens with one attached hydrogen (secondary N) is 2. The summed E-state index contributed by atoms with van der Waals surface area (Å²) in [5.41, 5.74) is 1.18. The van der Waals surface area contributed by atoms with Gasteiger partial charge in [0.05, 0.1) is 24.5 Å². The minimum atomic E-state index is 0. The summed E-state index contributed by atoms with van der Waals surface area (Å²) in [4.78, 5) is 9.13. The molecule has 1 saturated heterocycles. The van der Waals surface area contributed by atoms with E-state index in [4.69, 9.17) is 4.42 Å². The van der Waals surface area contributed by atoms with Crippen molar-refractivity contribution in [2.75, 3.05) is 47.3 Å². The second kappa shape index (κ2) is 12.3. The van der Waals surface area contributed by atoms with Crippen molar-refractivity contribution in [2.24, 2.45) is 12.0 Å². The van der Waals surface area contributed by atoms with Gasteiger partial charge in [-0.1, -0.05) is 6.42 Å². The lowest BCUT2D eigenvalue weighted by atomic mass is 10.1. The molecule has 0 bridgehead atoms. The molecule has 168 valence electrons. The Balaban J connectivity index is 0.00000320. The van der Waals surface area contributed by atoms with E-state index in [-0.39, 0.29) is 36.1 Å². The molecule has 2 aromatic rings. The number of aryl methyl sites for hydroxylation is 1. The zero-order chi connectivity index (χ0) is 20.6. The number of hydrogen-bond donors (Lipinski definition) is 2. The molecule has 30 heavy (non-hydrogen) atoms. The molecule has 2 unspecified atom stereocenters. The standard InChI is InChI=1S/C21H35N7O.HI/c1-22-21(23-14-18(26(2)3)17-13-25-27(4)16-17)24-15-19(20-9-8-12-29-20)28-10-6-5-7-11-28;/h8-9,12-13,16,18-19H,5-7,10-11,14-15H2,1-4H3,(H2,22,23,24);1H. The lowest BCUT2D eigenvalue weighted by molar-refractivity contribution is 0.146. The van der Waals surface area contributed by atoms with Gasteiger partial charge in [-0.25, -0.2) is 0 Å². The lowest BCUT2D eigenvalue weighted by Crippen LogP contribution is -2.46. The monoisotopic (exact) mass is 529 g/mol. The van der Waals surface area contributed by atoms with Gasteiger partial charge in [0.25, 0.3) is 0 Å². The van der Waals surface area contributed by atoms with Gasteiger partial charge in [0.15, 0.2) is 5.96 Å². The number of piperidine rings is 1. The highest BCUT2D eigenvalue weighted by Crippen LogP contribution is 2.24. The van der Waals surface area contributed by atoms with Crippen molar-refractivity contribution in [1.82, 2.24) is 30.2 Å². The molecule has 0 saturated carbocycles. The van der Waals surface area contributed by atoms with Gasteiger partial charge in [-0.3, -0.25) is 14.6 Å². The smallest absolute Gasteiger partial charge is 0.191 e. The number of furan rings is 1. The van der Waals surface area contributed by atoms with Gasteiger partial charge in [0, 0.05) is 38.9 Å². The molecule has 1 aliphatic heterocycles. The molecule has 0 amide bonds. The Hall–Kier alpha value is -1.59. The maximum Gasteiger partial charge on any atom is 0.191 e. The van der Waals surface area contributed by atoms with E-state index in [0.29, 0.717) is 0 Å². The third kappa shape index (κ3) is 6.71. The van der Waals surface area contributed by atoms with Crippen LogP contribution < -0.4 is 10.6 Å². The molecule has 1 fully saturated rings. The molecular weight excluding hydrogens is 493 g/mol. The number of likely N-dealkylation sites (N-methyl/N-ethyl adjacent to an activating group) is 1. The minimum absolute atomic E-state index is 0. The highest BCUT2D eigenvalue weighted by atomic mass is 127. The van der Waals surface area contributed by atoms with E-state index in [1.54, 1.807) is 6.26 Å². The van der Waals surface area contributed by atoms with Gasteiger partial charge < -0.3 is 20.0 Å². The Morgan fingerprint density at radius 2 is 1.97 bits per heavy atom. The maximum atomic E-state index is 5.75. The van der Waals surface area contributed by atoms with Gasteiger partial charge in [0.2, 0.25) is 0 Å². The van der Waals surface area contributed by atoms with Crippen LogP contribution in [-0.4, -0.2) is 72.9 Å². The van der Waals surface area contributed by atoms with Crippen molar-refractivity contribution in [3.8, 4) is 0 Å². The summed E-state index contributed by atoms with van der Waals surface area (Å²) in [5.74, 6) is 1.81. The van der Waals surface area contributed by atoms with Crippen LogP contribution in [0.4, 0.5) is 0 Å². The van der Waals surface area contributed by atoms with Gasteiger partial charge in [-0.2, -0.15) is 5.10 Å². The molecule has 3 heterocycles. The van der Waals surface area contributed by atoms with Crippen molar-refractivity contribution in [3.05, 3.63) is 42.1 Å². The number of halogens is 1. The Kier molecular flexibility index (Phi) is 10.1. The van der Waals surface area contributed by atoms with Crippen LogP contribution in [0.15, 0.2) is 40.2 Å². The van der Waals surface area contributed by atoms with Crippen molar-refractivity contribution >= 4 is 29.9 Å². The highest BCUT2D eigenvalue weighted by molar-refractivity contribution is 14.0. The third-order valence-electron chi connectivity index (χ3n) is 5.59. The first-order valence-electron chi connectivity index (χ1n) is 10.5. The number of rotatable bonds is 8. The summed E-state index contributed by atoms with van der Waals surface area (Å²) < 4.78 is 7.59. The predicted octanol–water partition coefficient (Wildman–Crippen LogP) is 2.63. The third-order valence-corrected chi connectivity index (χ3v) is 5.59. The van der Waals surface area contributed by atoms with E-state index in [9.17, 15) is 0 Å². The summed E-state index contributed by atoms with van der Waals surface area (Å²) >= 11 is 0. The molecule has 9 heteroatoms. The molecule has 0 aliphatic carbocycles. The maximum absolute atomic E-state index is 5.75. The Labute approximate surface area is 197 Å². The Morgan fingerprint density at radius 1 is 1.23 bits per heavy atom. The number of likely N-dealkylation sites (tertiary alicyclic amines) is 1. The first-order chi connectivity index (χ1) is 14.1. The molecule has 0 aromatic carbocycles. The van der Waals surface area contributed by atoms with Crippen LogP contribution >= 0.6 is 24.0 Å². The number of hydrogen-bond acceptors (Lipinski definition) is 5. The fraction of sp³-hybridized carbons (Fsp3) is 0.619.